The van der Waals surface area contributed by atoms with Crippen LogP contribution in [-0.4, -0.2) is 10.2 Å². The van der Waals surface area contributed by atoms with Crippen LogP contribution in [0.1, 0.15) is 12.5 Å². The minimum Gasteiger partial charge on any atom is -0.285 e. The Balaban J connectivity index is 2.68. The Bertz CT molecular complexity index is 426. The Morgan fingerprint density at radius 1 is 1.50 bits per heavy atom. The standard InChI is InChI=1S/C10H10N2/c1-7(2)8-3-4-9-6-11-12-10(9)5-8/h3-6H,1H2,2H3,(H,11,12). The lowest BCUT2D eigenvalue weighted by molar-refractivity contribution is 1.12. The van der Waals surface area contributed by atoms with E-state index in [2.05, 4.69) is 22.8 Å². The van der Waals surface area contributed by atoms with Crippen LogP contribution in [0.5, 0.6) is 0 Å². The van der Waals surface area contributed by atoms with Crippen molar-refractivity contribution in [2.24, 2.45) is 0 Å². The number of aromatic nitrogens is 2. The summed E-state index contributed by atoms with van der Waals surface area (Å²) in [5, 5.41) is 8.06. The van der Waals surface area contributed by atoms with E-state index >= 15 is 0 Å². The zero-order valence-electron chi connectivity index (χ0n) is 6.96. The lowest BCUT2D eigenvalue weighted by Crippen LogP contribution is -1.77. The van der Waals surface area contributed by atoms with Crippen molar-refractivity contribution in [1.29, 1.82) is 0 Å². The summed E-state index contributed by atoms with van der Waals surface area (Å²) < 4.78 is 0. The van der Waals surface area contributed by atoms with Crippen LogP contribution in [0.3, 0.4) is 0 Å². The maximum atomic E-state index is 4.10. The third-order valence-electron chi connectivity index (χ3n) is 1.93. The molecule has 0 bridgehead atoms. The van der Waals surface area contributed by atoms with Crippen molar-refractivity contribution in [2.75, 3.05) is 0 Å². The number of nitrogens with zero attached hydrogens (tertiary/aromatic N) is 1. The Morgan fingerprint density at radius 2 is 2.33 bits per heavy atom. The number of hydrogen-bond acceptors (Lipinski definition) is 1. The molecule has 60 valence electrons. The molecule has 1 aromatic carbocycles. The Morgan fingerprint density at radius 3 is 3.08 bits per heavy atom. The molecule has 0 aliphatic carbocycles. The topological polar surface area (TPSA) is 28.7 Å². The van der Waals surface area contributed by atoms with Crippen molar-refractivity contribution >= 4 is 16.5 Å². The Kier molecular flexibility index (Phi) is 1.47. The molecular formula is C10H10N2. The summed E-state index contributed by atoms with van der Waals surface area (Å²) in [7, 11) is 0. The summed E-state index contributed by atoms with van der Waals surface area (Å²) in [6.45, 7) is 5.87. The van der Waals surface area contributed by atoms with Crippen molar-refractivity contribution in [3.05, 3.63) is 36.5 Å². The molecular weight excluding hydrogens is 148 g/mol. The maximum Gasteiger partial charge on any atom is 0.0926 e. The quantitative estimate of drug-likeness (QED) is 0.679. The fourth-order valence-corrected chi connectivity index (χ4v) is 1.20. The van der Waals surface area contributed by atoms with Gasteiger partial charge in [0.15, 0.2) is 0 Å². The number of allylic oxidation sites excluding steroid dienone is 1. The van der Waals surface area contributed by atoms with E-state index in [0.717, 1.165) is 22.0 Å². The normalized spacial score (nSPS) is 10.4. The lowest BCUT2D eigenvalue weighted by Gasteiger charge is -1.97. The van der Waals surface area contributed by atoms with Gasteiger partial charge in [0.25, 0.3) is 0 Å². The first kappa shape index (κ1) is 7.10. The molecule has 0 amide bonds. The van der Waals surface area contributed by atoms with Gasteiger partial charge in [-0.05, 0) is 18.6 Å². The van der Waals surface area contributed by atoms with Crippen LogP contribution in [0.2, 0.25) is 0 Å². The molecule has 0 saturated carbocycles. The molecule has 0 aliphatic rings. The monoisotopic (exact) mass is 158 g/mol. The van der Waals surface area contributed by atoms with Crippen molar-refractivity contribution in [1.82, 2.24) is 10.2 Å². The summed E-state index contributed by atoms with van der Waals surface area (Å²) in [6.07, 6.45) is 1.89. The van der Waals surface area contributed by atoms with Gasteiger partial charge in [0, 0.05) is 11.6 Å². The maximum absolute atomic E-state index is 4.10. The van der Waals surface area contributed by atoms with Gasteiger partial charge in [-0.15, -0.1) is 0 Å². The number of hydrogen-bond donors (Lipinski definition) is 1. The fraction of sp³-hybridized carbons (Fsp3) is 0.100. The second-order valence-electron chi connectivity index (χ2n) is 2.94. The van der Waals surface area contributed by atoms with E-state index in [9.17, 15) is 0 Å². The first-order valence-corrected chi connectivity index (χ1v) is 3.87. The van der Waals surface area contributed by atoms with Gasteiger partial charge in [-0.3, -0.25) is 5.10 Å². The molecule has 12 heavy (non-hydrogen) atoms. The second kappa shape index (κ2) is 2.48. The molecule has 2 rings (SSSR count). The number of fused-ring (bicyclic) bond motifs is 1. The molecule has 0 saturated heterocycles. The van der Waals surface area contributed by atoms with Gasteiger partial charge in [0.2, 0.25) is 0 Å². The van der Waals surface area contributed by atoms with E-state index in [4.69, 9.17) is 0 Å². The summed E-state index contributed by atoms with van der Waals surface area (Å²) >= 11 is 0. The molecule has 0 fully saturated rings. The van der Waals surface area contributed by atoms with Gasteiger partial charge >= 0.3 is 0 Å². The zero-order chi connectivity index (χ0) is 8.55. The Labute approximate surface area is 70.9 Å². The highest BCUT2D eigenvalue weighted by Crippen LogP contribution is 2.17. The molecule has 1 heterocycles. The van der Waals surface area contributed by atoms with Gasteiger partial charge in [0.1, 0.15) is 0 Å². The highest BCUT2D eigenvalue weighted by molar-refractivity contribution is 5.81. The van der Waals surface area contributed by atoms with Crippen LogP contribution in [0.4, 0.5) is 0 Å². The number of benzene rings is 1. The molecule has 0 atom stereocenters. The zero-order valence-corrected chi connectivity index (χ0v) is 6.96. The lowest BCUT2D eigenvalue weighted by atomic mass is 10.1. The van der Waals surface area contributed by atoms with E-state index in [1.165, 1.54) is 0 Å². The van der Waals surface area contributed by atoms with Crippen LogP contribution in [0, 0.1) is 0 Å². The van der Waals surface area contributed by atoms with Crippen molar-refractivity contribution < 1.29 is 0 Å². The van der Waals surface area contributed by atoms with Crippen molar-refractivity contribution in [2.45, 2.75) is 6.92 Å². The first-order valence-electron chi connectivity index (χ1n) is 3.87. The number of aromatic amines is 1. The molecule has 1 aromatic heterocycles. The predicted octanol–water partition coefficient (Wildman–Crippen LogP) is 2.60. The molecule has 0 spiro atoms. The minimum atomic E-state index is 0.996. The van der Waals surface area contributed by atoms with Crippen molar-refractivity contribution in [3.63, 3.8) is 0 Å². The van der Waals surface area contributed by atoms with Crippen molar-refractivity contribution in [3.8, 4) is 0 Å². The number of nitrogens with one attached hydrogen (secondary N) is 1. The average molecular weight is 158 g/mol. The SMILES string of the molecule is C=C(C)c1ccc2c[nH]nc2c1. The third-order valence-corrected chi connectivity index (χ3v) is 1.93. The molecule has 2 aromatic rings. The first-order chi connectivity index (χ1) is 5.77. The molecule has 1 N–H and O–H groups in total. The fourth-order valence-electron chi connectivity index (χ4n) is 1.20. The molecule has 2 nitrogen and oxygen atoms in total. The van der Waals surface area contributed by atoms with E-state index in [1.54, 1.807) is 0 Å². The minimum absolute atomic E-state index is 0.996. The second-order valence-corrected chi connectivity index (χ2v) is 2.94. The van der Waals surface area contributed by atoms with Crippen LogP contribution in [0.25, 0.3) is 16.5 Å². The molecule has 0 unspecified atom stereocenters. The van der Waals surface area contributed by atoms with Crippen LogP contribution in [0.15, 0.2) is 31.0 Å². The van der Waals surface area contributed by atoms with Crippen LogP contribution < -0.4 is 0 Å². The highest BCUT2D eigenvalue weighted by atomic mass is 15.1. The van der Waals surface area contributed by atoms with Gasteiger partial charge in [-0.1, -0.05) is 24.3 Å². The van der Waals surface area contributed by atoms with E-state index < -0.39 is 0 Å². The molecule has 0 radical (unpaired) electrons. The van der Waals surface area contributed by atoms with Gasteiger partial charge in [-0.2, -0.15) is 5.10 Å². The summed E-state index contributed by atoms with van der Waals surface area (Å²) in [5.41, 5.74) is 3.21. The highest BCUT2D eigenvalue weighted by Gasteiger charge is 1.97. The summed E-state index contributed by atoms with van der Waals surface area (Å²) in [5.74, 6) is 0. The number of rotatable bonds is 1. The third kappa shape index (κ3) is 1.01. The Hall–Kier alpha value is -1.57. The molecule has 0 aliphatic heterocycles. The average Bonchev–Trinajstić information content (AvgIpc) is 2.49. The largest absolute Gasteiger partial charge is 0.285 e. The van der Waals surface area contributed by atoms with Gasteiger partial charge < -0.3 is 0 Å². The predicted molar refractivity (Wildman–Crippen MR) is 50.8 cm³/mol. The summed E-state index contributed by atoms with van der Waals surface area (Å²) in [4.78, 5) is 0. The summed E-state index contributed by atoms with van der Waals surface area (Å²) in [6, 6.07) is 6.14. The molecule has 2 heteroatoms. The van der Waals surface area contributed by atoms with Crippen LogP contribution >= 0.6 is 0 Å². The van der Waals surface area contributed by atoms with E-state index in [1.807, 2.05) is 25.3 Å². The van der Waals surface area contributed by atoms with Crippen LogP contribution in [-0.2, 0) is 0 Å². The van der Waals surface area contributed by atoms with E-state index in [0.29, 0.717) is 0 Å². The smallest absolute Gasteiger partial charge is 0.0926 e. The van der Waals surface area contributed by atoms with E-state index in [-0.39, 0.29) is 0 Å². The number of H-pyrrole nitrogens is 1. The van der Waals surface area contributed by atoms with Gasteiger partial charge in [-0.25, -0.2) is 0 Å². The van der Waals surface area contributed by atoms with Gasteiger partial charge in [0.05, 0.1) is 5.52 Å².